The number of hydrazine groups is 1. The minimum atomic E-state index is -0.000119. The highest BCUT2D eigenvalue weighted by atomic mass is 35.5. The molecule has 0 unspecified atom stereocenters. The van der Waals surface area contributed by atoms with Crippen molar-refractivity contribution in [1.82, 2.24) is 9.88 Å². The molecule has 6 heteroatoms. The summed E-state index contributed by atoms with van der Waals surface area (Å²) in [6.45, 7) is 1.63. The number of likely N-dealkylation sites (tertiary alicyclic amines) is 1. The summed E-state index contributed by atoms with van der Waals surface area (Å²) in [7, 11) is 0. The van der Waals surface area contributed by atoms with Gasteiger partial charge < -0.3 is 10.3 Å². The molecule has 2 heterocycles. The van der Waals surface area contributed by atoms with Crippen LogP contribution < -0.4 is 11.3 Å². The van der Waals surface area contributed by atoms with E-state index in [4.69, 9.17) is 17.4 Å². The van der Waals surface area contributed by atoms with E-state index in [1.54, 1.807) is 6.07 Å². The number of nitrogen functional groups attached to an aromatic ring is 1. The van der Waals surface area contributed by atoms with Crippen LogP contribution in [-0.2, 0) is 0 Å². The van der Waals surface area contributed by atoms with Crippen LogP contribution in [0.5, 0.6) is 0 Å². The normalized spacial score (nSPS) is 16.6. The number of nitrogens with one attached hydrogen (secondary N) is 1. The van der Waals surface area contributed by atoms with Crippen LogP contribution >= 0.6 is 11.6 Å². The molecule has 1 saturated heterocycles. The summed E-state index contributed by atoms with van der Waals surface area (Å²) in [5.41, 5.74) is 2.91. The molecular formula is C13H19ClN4O. The Hall–Kier alpha value is -1.33. The minimum Gasteiger partial charge on any atom is -0.339 e. The number of amides is 1. The van der Waals surface area contributed by atoms with Crippen molar-refractivity contribution in [3.8, 4) is 0 Å². The van der Waals surface area contributed by atoms with Gasteiger partial charge in [0, 0.05) is 19.3 Å². The molecule has 1 aromatic heterocycles. The van der Waals surface area contributed by atoms with Crippen molar-refractivity contribution in [2.45, 2.75) is 32.1 Å². The molecule has 0 saturated carbocycles. The maximum absolute atomic E-state index is 12.4. The van der Waals surface area contributed by atoms with Crippen molar-refractivity contribution in [2.75, 3.05) is 18.5 Å². The molecule has 1 aromatic rings. The highest BCUT2D eigenvalue weighted by Gasteiger charge is 2.18. The number of halogens is 1. The molecule has 0 bridgehead atoms. The van der Waals surface area contributed by atoms with Gasteiger partial charge in [-0.15, -0.1) is 0 Å². The molecule has 1 aliphatic heterocycles. The zero-order chi connectivity index (χ0) is 13.7. The van der Waals surface area contributed by atoms with Gasteiger partial charge in [-0.25, -0.2) is 10.8 Å². The largest absolute Gasteiger partial charge is 0.339 e. The highest BCUT2D eigenvalue weighted by molar-refractivity contribution is 6.33. The Bertz CT molecular complexity index is 444. The van der Waals surface area contributed by atoms with E-state index < -0.39 is 0 Å². The summed E-state index contributed by atoms with van der Waals surface area (Å²) in [6, 6.07) is 1.62. The molecule has 1 fully saturated rings. The Morgan fingerprint density at radius 3 is 2.47 bits per heavy atom. The first-order chi connectivity index (χ1) is 9.22. The smallest absolute Gasteiger partial charge is 0.255 e. The number of carbonyl (C=O) groups is 1. The second-order valence-corrected chi connectivity index (χ2v) is 5.17. The van der Waals surface area contributed by atoms with E-state index in [2.05, 4.69) is 10.4 Å². The first-order valence-corrected chi connectivity index (χ1v) is 7.01. The fraction of sp³-hybridized carbons (Fsp3) is 0.538. The van der Waals surface area contributed by atoms with E-state index in [1.165, 1.54) is 25.5 Å². The van der Waals surface area contributed by atoms with Crippen LogP contribution in [0, 0.1) is 0 Å². The average molecular weight is 283 g/mol. The summed E-state index contributed by atoms with van der Waals surface area (Å²) < 4.78 is 0. The highest BCUT2D eigenvalue weighted by Crippen LogP contribution is 2.20. The van der Waals surface area contributed by atoms with E-state index in [0.717, 1.165) is 25.9 Å². The number of nitrogens with two attached hydrogens (primary N) is 1. The lowest BCUT2D eigenvalue weighted by Gasteiger charge is -2.24. The van der Waals surface area contributed by atoms with E-state index >= 15 is 0 Å². The predicted octanol–water partition coefficient (Wildman–Crippen LogP) is 2.43. The molecule has 0 atom stereocenters. The molecule has 19 heavy (non-hydrogen) atoms. The van der Waals surface area contributed by atoms with E-state index in [1.807, 2.05) is 4.90 Å². The second kappa shape index (κ2) is 6.73. The maximum atomic E-state index is 12.4. The molecule has 1 aliphatic rings. The third-order valence-electron chi connectivity index (χ3n) is 3.37. The number of hydrogen-bond acceptors (Lipinski definition) is 4. The number of nitrogens with zero attached hydrogens (tertiary/aromatic N) is 2. The van der Waals surface area contributed by atoms with Crippen LogP contribution in [0.15, 0.2) is 12.3 Å². The summed E-state index contributed by atoms with van der Waals surface area (Å²) >= 11 is 6.00. The third kappa shape index (κ3) is 3.58. The standard InChI is InChI=1S/C13H19ClN4O/c14-11-8-10(9-16-12(11)17-15)13(19)18-6-4-2-1-3-5-7-18/h8-9H,1-7,15H2,(H,16,17). The van der Waals surface area contributed by atoms with E-state index in [0.29, 0.717) is 16.4 Å². The van der Waals surface area contributed by atoms with Crippen LogP contribution in [0.4, 0.5) is 5.82 Å². The lowest BCUT2D eigenvalue weighted by molar-refractivity contribution is 0.0742. The number of carbonyl (C=O) groups excluding carboxylic acids is 1. The van der Waals surface area contributed by atoms with Gasteiger partial charge in [-0.2, -0.15) is 0 Å². The number of anilines is 1. The van der Waals surface area contributed by atoms with Gasteiger partial charge in [-0.1, -0.05) is 30.9 Å². The van der Waals surface area contributed by atoms with Crippen molar-refractivity contribution in [3.05, 3.63) is 22.8 Å². The Balaban J connectivity index is 2.11. The van der Waals surface area contributed by atoms with Gasteiger partial charge in [0.15, 0.2) is 5.82 Å². The third-order valence-corrected chi connectivity index (χ3v) is 3.66. The second-order valence-electron chi connectivity index (χ2n) is 4.76. The van der Waals surface area contributed by atoms with E-state index in [-0.39, 0.29) is 5.91 Å². The molecular weight excluding hydrogens is 264 g/mol. The predicted molar refractivity (Wildman–Crippen MR) is 76.0 cm³/mol. The lowest BCUT2D eigenvalue weighted by Crippen LogP contribution is -2.33. The van der Waals surface area contributed by atoms with Crippen LogP contribution in [0.25, 0.3) is 0 Å². The fourth-order valence-corrected chi connectivity index (χ4v) is 2.52. The minimum absolute atomic E-state index is 0.000119. The molecule has 3 N–H and O–H groups in total. The summed E-state index contributed by atoms with van der Waals surface area (Å²) in [5.74, 6) is 5.65. The molecule has 1 amide bonds. The van der Waals surface area contributed by atoms with Gasteiger partial charge in [0.1, 0.15) is 0 Å². The van der Waals surface area contributed by atoms with Crippen molar-refractivity contribution in [2.24, 2.45) is 5.84 Å². The first-order valence-electron chi connectivity index (χ1n) is 6.64. The van der Waals surface area contributed by atoms with Crippen LogP contribution in [0.1, 0.15) is 42.5 Å². The van der Waals surface area contributed by atoms with Gasteiger partial charge in [-0.3, -0.25) is 4.79 Å². The molecule has 0 radical (unpaired) electrons. The Labute approximate surface area is 118 Å². The Morgan fingerprint density at radius 2 is 1.89 bits per heavy atom. The maximum Gasteiger partial charge on any atom is 0.255 e. The monoisotopic (exact) mass is 282 g/mol. The van der Waals surface area contributed by atoms with Crippen LogP contribution in [0.2, 0.25) is 5.02 Å². The Morgan fingerprint density at radius 1 is 1.26 bits per heavy atom. The zero-order valence-electron chi connectivity index (χ0n) is 10.9. The molecule has 0 aliphatic carbocycles. The molecule has 104 valence electrons. The summed E-state index contributed by atoms with van der Waals surface area (Å²) in [6.07, 6.45) is 7.30. The number of hydrogen-bond donors (Lipinski definition) is 2. The van der Waals surface area contributed by atoms with Crippen molar-refractivity contribution in [1.29, 1.82) is 0 Å². The van der Waals surface area contributed by atoms with Gasteiger partial charge in [0.05, 0.1) is 10.6 Å². The van der Waals surface area contributed by atoms with Crippen molar-refractivity contribution < 1.29 is 4.79 Å². The molecule has 5 nitrogen and oxygen atoms in total. The topological polar surface area (TPSA) is 71.2 Å². The first kappa shape index (κ1) is 14.1. The molecule has 2 rings (SSSR count). The average Bonchev–Trinajstić information content (AvgIpc) is 2.37. The van der Waals surface area contributed by atoms with Crippen molar-refractivity contribution >= 4 is 23.3 Å². The zero-order valence-corrected chi connectivity index (χ0v) is 11.6. The molecule has 0 spiro atoms. The fourth-order valence-electron chi connectivity index (χ4n) is 2.29. The van der Waals surface area contributed by atoms with Gasteiger partial charge >= 0.3 is 0 Å². The number of aromatic nitrogens is 1. The lowest BCUT2D eigenvalue weighted by atomic mass is 10.1. The van der Waals surface area contributed by atoms with Crippen LogP contribution in [0.3, 0.4) is 0 Å². The summed E-state index contributed by atoms with van der Waals surface area (Å²) in [4.78, 5) is 18.3. The SMILES string of the molecule is NNc1ncc(C(=O)N2CCCCCCC2)cc1Cl. The van der Waals surface area contributed by atoms with Gasteiger partial charge in [0.25, 0.3) is 5.91 Å². The van der Waals surface area contributed by atoms with Crippen LogP contribution in [-0.4, -0.2) is 28.9 Å². The van der Waals surface area contributed by atoms with Gasteiger partial charge in [-0.05, 0) is 18.9 Å². The van der Waals surface area contributed by atoms with Gasteiger partial charge in [0.2, 0.25) is 0 Å². The summed E-state index contributed by atoms with van der Waals surface area (Å²) in [5, 5.41) is 0.361. The Kier molecular flexibility index (Phi) is 4.99. The molecule has 0 aromatic carbocycles. The van der Waals surface area contributed by atoms with Crippen molar-refractivity contribution in [3.63, 3.8) is 0 Å². The van der Waals surface area contributed by atoms with E-state index in [9.17, 15) is 4.79 Å². The quantitative estimate of drug-likeness (QED) is 0.645. The number of pyridine rings is 1. The number of rotatable bonds is 2.